The Bertz CT molecular complexity index is 992. The molecule has 0 aliphatic rings. The lowest BCUT2D eigenvalue weighted by atomic mass is 9.82. The Kier molecular flexibility index (Phi) is 5.98. The van der Waals surface area contributed by atoms with E-state index in [2.05, 4.69) is 22.4 Å². The zero-order chi connectivity index (χ0) is 19.9. The molecule has 3 atom stereocenters. The average molecular weight is 380 g/mol. The molecule has 0 fully saturated rings. The predicted octanol–water partition coefficient (Wildman–Crippen LogP) is 5.75. The molecule has 0 bridgehead atoms. The molecule has 3 heteroatoms. The second-order valence-electron chi connectivity index (χ2n) is 7.03. The van der Waals surface area contributed by atoms with Crippen molar-refractivity contribution in [3.05, 3.63) is 132 Å². The van der Waals surface area contributed by atoms with Crippen LogP contribution in [0.5, 0.6) is 0 Å². The smallest absolute Gasteiger partial charge is 0.0896 e. The number of nitrogens with zero attached hydrogens (tertiary/aromatic N) is 1. The highest BCUT2D eigenvalue weighted by atomic mass is 16.3. The lowest BCUT2D eigenvalue weighted by Crippen LogP contribution is -2.25. The van der Waals surface area contributed by atoms with E-state index in [1.807, 2.05) is 97.1 Å². The Morgan fingerprint density at radius 2 is 1.17 bits per heavy atom. The zero-order valence-electron chi connectivity index (χ0n) is 16.1. The van der Waals surface area contributed by atoms with E-state index < -0.39 is 6.10 Å². The molecule has 0 saturated carbocycles. The first kappa shape index (κ1) is 18.9. The molecule has 3 aromatic carbocycles. The molecule has 1 aromatic heterocycles. The van der Waals surface area contributed by atoms with Crippen molar-refractivity contribution in [2.45, 2.75) is 18.1 Å². The van der Waals surface area contributed by atoms with Gasteiger partial charge in [0.15, 0.2) is 0 Å². The molecule has 1 heterocycles. The van der Waals surface area contributed by atoms with Gasteiger partial charge in [0.2, 0.25) is 0 Å². The van der Waals surface area contributed by atoms with Crippen molar-refractivity contribution < 1.29 is 5.11 Å². The molecular formula is C26H24N2O. The summed E-state index contributed by atoms with van der Waals surface area (Å²) >= 11 is 0. The van der Waals surface area contributed by atoms with E-state index in [1.165, 1.54) is 0 Å². The molecule has 144 valence electrons. The van der Waals surface area contributed by atoms with Crippen molar-refractivity contribution in [2.24, 2.45) is 0 Å². The number of aromatic nitrogens is 1. The number of aliphatic hydroxyl groups is 1. The van der Waals surface area contributed by atoms with Crippen molar-refractivity contribution in [1.82, 2.24) is 4.98 Å². The first-order valence-corrected chi connectivity index (χ1v) is 9.83. The van der Waals surface area contributed by atoms with Gasteiger partial charge in [-0.2, -0.15) is 0 Å². The van der Waals surface area contributed by atoms with E-state index in [4.69, 9.17) is 0 Å². The van der Waals surface area contributed by atoms with E-state index in [0.29, 0.717) is 0 Å². The molecule has 0 saturated heterocycles. The number of benzene rings is 3. The van der Waals surface area contributed by atoms with Gasteiger partial charge < -0.3 is 10.4 Å². The highest BCUT2D eigenvalue weighted by Gasteiger charge is 2.33. The number of aliphatic hydroxyl groups excluding tert-OH is 1. The van der Waals surface area contributed by atoms with Crippen LogP contribution in [0.3, 0.4) is 0 Å². The number of rotatable bonds is 7. The summed E-state index contributed by atoms with van der Waals surface area (Å²) in [7, 11) is 0. The lowest BCUT2D eigenvalue weighted by molar-refractivity contribution is 0.133. The second kappa shape index (κ2) is 9.18. The van der Waals surface area contributed by atoms with Crippen LogP contribution in [0.2, 0.25) is 0 Å². The molecule has 3 nitrogen and oxygen atoms in total. The quantitative estimate of drug-likeness (QED) is 0.429. The molecular weight excluding hydrogens is 356 g/mol. The van der Waals surface area contributed by atoms with Crippen LogP contribution in [0, 0.1) is 0 Å². The van der Waals surface area contributed by atoms with Crippen LogP contribution >= 0.6 is 0 Å². The normalized spacial score (nSPS) is 14.0. The summed E-state index contributed by atoms with van der Waals surface area (Å²) in [5, 5.41) is 15.1. The van der Waals surface area contributed by atoms with Gasteiger partial charge in [0.25, 0.3) is 0 Å². The van der Waals surface area contributed by atoms with Crippen molar-refractivity contribution in [3.63, 3.8) is 0 Å². The van der Waals surface area contributed by atoms with Gasteiger partial charge in [-0.3, -0.25) is 4.98 Å². The summed E-state index contributed by atoms with van der Waals surface area (Å²) in [6.45, 7) is 0. The minimum atomic E-state index is -0.715. The van der Waals surface area contributed by atoms with Gasteiger partial charge >= 0.3 is 0 Å². The Balaban J connectivity index is 1.81. The predicted molar refractivity (Wildman–Crippen MR) is 118 cm³/mol. The van der Waals surface area contributed by atoms with Crippen molar-refractivity contribution >= 4 is 5.69 Å². The number of nitrogens with one attached hydrogen (secondary N) is 1. The number of anilines is 1. The molecule has 0 aliphatic carbocycles. The van der Waals surface area contributed by atoms with Crippen molar-refractivity contribution in [3.8, 4) is 0 Å². The van der Waals surface area contributed by atoms with Gasteiger partial charge in [-0.1, -0.05) is 84.9 Å². The monoisotopic (exact) mass is 380 g/mol. The molecule has 0 aliphatic heterocycles. The van der Waals surface area contributed by atoms with Crippen molar-refractivity contribution in [2.75, 3.05) is 5.32 Å². The number of pyridine rings is 1. The van der Waals surface area contributed by atoms with Gasteiger partial charge in [-0.15, -0.1) is 0 Å². The minimum absolute atomic E-state index is 0.163. The Hall–Kier alpha value is -3.43. The van der Waals surface area contributed by atoms with E-state index in [1.54, 1.807) is 6.20 Å². The van der Waals surface area contributed by atoms with Gasteiger partial charge in [0.05, 0.1) is 18.1 Å². The van der Waals surface area contributed by atoms with Gasteiger partial charge in [-0.25, -0.2) is 0 Å². The Morgan fingerprint density at radius 3 is 1.76 bits per heavy atom. The highest BCUT2D eigenvalue weighted by molar-refractivity contribution is 5.47. The summed E-state index contributed by atoms with van der Waals surface area (Å²) in [6.07, 6.45) is 1.07. The lowest BCUT2D eigenvalue weighted by Gasteiger charge is -2.33. The van der Waals surface area contributed by atoms with Crippen LogP contribution < -0.4 is 5.32 Å². The number of para-hydroxylation sites is 1. The largest absolute Gasteiger partial charge is 0.388 e. The van der Waals surface area contributed by atoms with Gasteiger partial charge in [0.1, 0.15) is 0 Å². The van der Waals surface area contributed by atoms with Crippen LogP contribution in [0.15, 0.2) is 115 Å². The standard InChI is InChI=1S/C26H24N2O/c29-26(21-14-6-2-7-15-21)24(23-18-10-11-19-27-23)25(20-12-4-1-5-13-20)28-22-16-8-3-9-17-22/h1-19,24-26,28-29H. The molecule has 4 aromatic rings. The number of hydrogen-bond donors (Lipinski definition) is 2. The van der Waals surface area contributed by atoms with E-state index in [-0.39, 0.29) is 12.0 Å². The van der Waals surface area contributed by atoms with E-state index >= 15 is 0 Å². The fraction of sp³-hybridized carbons (Fsp3) is 0.115. The maximum Gasteiger partial charge on any atom is 0.0896 e. The third-order valence-electron chi connectivity index (χ3n) is 5.12. The minimum Gasteiger partial charge on any atom is -0.388 e. The molecule has 4 rings (SSSR count). The fourth-order valence-electron chi connectivity index (χ4n) is 3.70. The summed E-state index contributed by atoms with van der Waals surface area (Å²) < 4.78 is 0. The number of hydrogen-bond acceptors (Lipinski definition) is 3. The topological polar surface area (TPSA) is 45.2 Å². The molecule has 0 radical (unpaired) electrons. The van der Waals surface area contributed by atoms with Crippen LogP contribution in [0.1, 0.15) is 34.9 Å². The second-order valence-corrected chi connectivity index (χ2v) is 7.03. The highest BCUT2D eigenvalue weighted by Crippen LogP contribution is 2.41. The van der Waals surface area contributed by atoms with Crippen LogP contribution in [0.4, 0.5) is 5.69 Å². The maximum atomic E-state index is 11.5. The van der Waals surface area contributed by atoms with Crippen LogP contribution in [-0.4, -0.2) is 10.1 Å². The third kappa shape index (κ3) is 4.53. The van der Waals surface area contributed by atoms with Crippen LogP contribution in [0.25, 0.3) is 0 Å². The Morgan fingerprint density at radius 1 is 0.621 bits per heavy atom. The summed E-state index contributed by atoms with van der Waals surface area (Å²) in [4.78, 5) is 4.61. The first-order chi connectivity index (χ1) is 14.3. The average Bonchev–Trinajstić information content (AvgIpc) is 2.81. The first-order valence-electron chi connectivity index (χ1n) is 9.83. The van der Waals surface area contributed by atoms with E-state index in [0.717, 1.165) is 22.5 Å². The summed E-state index contributed by atoms with van der Waals surface area (Å²) in [5.74, 6) is -0.277. The zero-order valence-corrected chi connectivity index (χ0v) is 16.1. The SMILES string of the molecule is OC(c1ccccc1)C(c1ccccn1)C(Nc1ccccc1)c1ccccc1. The van der Waals surface area contributed by atoms with Crippen LogP contribution in [-0.2, 0) is 0 Å². The van der Waals surface area contributed by atoms with Gasteiger partial charge in [-0.05, 0) is 35.4 Å². The molecule has 0 spiro atoms. The molecule has 2 N–H and O–H groups in total. The van der Waals surface area contributed by atoms with Gasteiger partial charge in [0, 0.05) is 17.6 Å². The molecule has 29 heavy (non-hydrogen) atoms. The summed E-state index contributed by atoms with van der Waals surface area (Å²) in [5.41, 5.74) is 3.82. The van der Waals surface area contributed by atoms with Crippen molar-refractivity contribution in [1.29, 1.82) is 0 Å². The molecule has 3 unspecified atom stereocenters. The third-order valence-corrected chi connectivity index (χ3v) is 5.12. The maximum absolute atomic E-state index is 11.5. The molecule has 0 amide bonds. The Labute approximate surface area is 171 Å². The summed E-state index contributed by atoms with van der Waals surface area (Å²) in [6, 6.07) is 35.8. The fourth-order valence-corrected chi connectivity index (χ4v) is 3.70. The van der Waals surface area contributed by atoms with E-state index in [9.17, 15) is 5.11 Å².